The van der Waals surface area contributed by atoms with Crippen LogP contribution < -0.4 is 5.32 Å². The van der Waals surface area contributed by atoms with Crippen LogP contribution in [0.4, 0.5) is 0 Å². The molecule has 2 heteroatoms. The molecule has 1 rings (SSSR count). The average Bonchev–Trinajstić information content (AvgIpc) is 2.34. The van der Waals surface area contributed by atoms with Gasteiger partial charge in [-0.2, -0.15) is 0 Å². The van der Waals surface area contributed by atoms with E-state index in [0.717, 1.165) is 12.3 Å². The number of hydrogen-bond acceptors (Lipinski definition) is 1. The van der Waals surface area contributed by atoms with E-state index >= 15 is 0 Å². The van der Waals surface area contributed by atoms with Gasteiger partial charge >= 0.3 is 0 Å². The lowest BCUT2D eigenvalue weighted by Gasteiger charge is -2.14. The fourth-order valence-corrected chi connectivity index (χ4v) is 1.80. The van der Waals surface area contributed by atoms with Crippen molar-refractivity contribution in [1.29, 1.82) is 0 Å². The van der Waals surface area contributed by atoms with Crippen LogP contribution >= 0.6 is 12.4 Å². The Bertz CT molecular complexity index is 155. The van der Waals surface area contributed by atoms with Gasteiger partial charge in [0.05, 0.1) is 0 Å². The lowest BCUT2D eigenvalue weighted by Crippen LogP contribution is -2.23. The summed E-state index contributed by atoms with van der Waals surface area (Å²) >= 11 is 0. The molecule has 11 heavy (non-hydrogen) atoms. The number of halogens is 1. The summed E-state index contributed by atoms with van der Waals surface area (Å²) in [6.45, 7) is -0.0112. The van der Waals surface area contributed by atoms with Gasteiger partial charge < -0.3 is 5.32 Å². The van der Waals surface area contributed by atoms with Crippen LogP contribution in [0.25, 0.3) is 0 Å². The molecule has 0 aliphatic heterocycles. The first-order valence-corrected chi connectivity index (χ1v) is 4.25. The van der Waals surface area contributed by atoms with E-state index in [1.165, 1.54) is 25.7 Å². The molecule has 1 N–H and O–H groups in total. The van der Waals surface area contributed by atoms with Gasteiger partial charge in [0.1, 0.15) is 0 Å². The monoisotopic (exact) mass is 180 g/mol. The highest BCUT2D eigenvalue weighted by Gasteiger charge is 2.16. The fraction of sp³-hybridized carbons (Fsp3) is 1.00. The SMILES string of the molecule is Cl.[2H]C([2H])([2H])NC(C)CC1CCCC1. The van der Waals surface area contributed by atoms with Crippen molar-refractivity contribution in [2.24, 2.45) is 5.92 Å². The Labute approximate surface area is 80.6 Å². The molecule has 1 unspecified atom stereocenters. The molecule has 0 saturated heterocycles. The summed E-state index contributed by atoms with van der Waals surface area (Å²) in [6.07, 6.45) is 6.23. The molecule has 1 saturated carbocycles. The van der Waals surface area contributed by atoms with E-state index in [0.29, 0.717) is 0 Å². The van der Waals surface area contributed by atoms with Crippen molar-refractivity contribution in [3.05, 3.63) is 0 Å². The highest BCUT2D eigenvalue weighted by atomic mass is 35.5. The summed E-state index contributed by atoms with van der Waals surface area (Å²) in [5.41, 5.74) is 0. The zero-order valence-corrected chi connectivity index (χ0v) is 7.91. The van der Waals surface area contributed by atoms with E-state index in [1.54, 1.807) is 0 Å². The van der Waals surface area contributed by atoms with Crippen molar-refractivity contribution >= 4 is 12.4 Å². The van der Waals surface area contributed by atoms with Crippen LogP contribution in [-0.2, 0) is 0 Å². The van der Waals surface area contributed by atoms with E-state index in [9.17, 15) is 0 Å². The highest BCUT2D eigenvalue weighted by Crippen LogP contribution is 2.28. The Morgan fingerprint density at radius 1 is 1.55 bits per heavy atom. The van der Waals surface area contributed by atoms with Crippen LogP contribution in [0.3, 0.4) is 0 Å². The molecule has 0 aromatic rings. The van der Waals surface area contributed by atoms with E-state index in [2.05, 4.69) is 5.32 Å². The molecule has 0 aromatic heterocycles. The van der Waals surface area contributed by atoms with Crippen LogP contribution in [0, 0.1) is 5.92 Å². The molecule has 1 aliphatic carbocycles. The Morgan fingerprint density at radius 3 is 2.73 bits per heavy atom. The van der Waals surface area contributed by atoms with Crippen molar-refractivity contribution in [3.63, 3.8) is 0 Å². The molecular formula is C9H20ClN. The molecule has 1 aliphatic rings. The fourth-order valence-electron chi connectivity index (χ4n) is 1.80. The first kappa shape index (κ1) is 6.73. The van der Waals surface area contributed by atoms with Gasteiger partial charge in [0.15, 0.2) is 0 Å². The van der Waals surface area contributed by atoms with Crippen LogP contribution in [-0.4, -0.2) is 13.0 Å². The maximum absolute atomic E-state index is 7.06. The van der Waals surface area contributed by atoms with Gasteiger partial charge in [-0.05, 0) is 26.2 Å². The molecular weight excluding hydrogens is 158 g/mol. The molecule has 0 radical (unpaired) electrons. The van der Waals surface area contributed by atoms with Gasteiger partial charge in [-0.25, -0.2) is 0 Å². The van der Waals surface area contributed by atoms with Crippen molar-refractivity contribution in [2.75, 3.05) is 6.98 Å². The van der Waals surface area contributed by atoms with Crippen LogP contribution in [0.15, 0.2) is 0 Å². The summed E-state index contributed by atoms with van der Waals surface area (Å²) < 4.78 is 21.2. The van der Waals surface area contributed by atoms with E-state index in [4.69, 9.17) is 4.11 Å². The minimum atomic E-state index is -1.97. The summed E-state index contributed by atoms with van der Waals surface area (Å²) in [4.78, 5) is 0. The third-order valence-corrected chi connectivity index (χ3v) is 2.41. The van der Waals surface area contributed by atoms with Gasteiger partial charge in [-0.1, -0.05) is 25.7 Å². The van der Waals surface area contributed by atoms with Crippen LogP contribution in [0.1, 0.15) is 43.1 Å². The minimum Gasteiger partial charge on any atom is -0.317 e. The zero-order chi connectivity index (χ0) is 9.90. The van der Waals surface area contributed by atoms with Crippen molar-refractivity contribution in [3.8, 4) is 0 Å². The molecule has 0 aromatic carbocycles. The van der Waals surface area contributed by atoms with E-state index in [-0.39, 0.29) is 18.4 Å². The molecule has 0 amide bonds. The van der Waals surface area contributed by atoms with Crippen molar-refractivity contribution in [2.45, 2.75) is 45.1 Å². The van der Waals surface area contributed by atoms with Gasteiger partial charge in [-0.15, -0.1) is 12.4 Å². The second-order valence-electron chi connectivity index (χ2n) is 3.43. The molecule has 0 bridgehead atoms. The second kappa shape index (κ2) is 5.84. The number of rotatable bonds is 3. The van der Waals surface area contributed by atoms with Gasteiger partial charge in [0.25, 0.3) is 0 Å². The molecule has 68 valence electrons. The Balaban J connectivity index is 0.00000169. The predicted molar refractivity (Wildman–Crippen MR) is 52.3 cm³/mol. The Hall–Kier alpha value is 0.250. The van der Waals surface area contributed by atoms with Crippen LogP contribution in [0.5, 0.6) is 0 Å². The van der Waals surface area contributed by atoms with E-state index in [1.807, 2.05) is 6.92 Å². The Morgan fingerprint density at radius 2 is 2.18 bits per heavy atom. The minimum absolute atomic E-state index is 0. The Kier molecular flexibility index (Phi) is 3.58. The summed E-state index contributed by atoms with van der Waals surface area (Å²) in [7, 11) is 0. The van der Waals surface area contributed by atoms with Gasteiger partial charge in [-0.3, -0.25) is 0 Å². The zero-order valence-electron chi connectivity index (χ0n) is 10.1. The molecule has 1 nitrogen and oxygen atoms in total. The topological polar surface area (TPSA) is 12.0 Å². The molecule has 1 fully saturated rings. The average molecular weight is 181 g/mol. The van der Waals surface area contributed by atoms with Gasteiger partial charge in [0.2, 0.25) is 0 Å². The molecule has 0 spiro atoms. The molecule has 1 atom stereocenters. The standard InChI is InChI=1S/C9H19N.ClH/c1-8(10-2)7-9-5-3-4-6-9;/h8-10H,3-7H2,1-2H3;1H/i2D3;. The number of hydrogen-bond donors (Lipinski definition) is 1. The predicted octanol–water partition coefficient (Wildman–Crippen LogP) is 2.60. The first-order chi connectivity index (χ1) is 5.97. The normalized spacial score (nSPS) is 26.5. The maximum Gasteiger partial charge on any atom is 0.0391 e. The lowest BCUT2D eigenvalue weighted by molar-refractivity contribution is 0.424. The second-order valence-corrected chi connectivity index (χ2v) is 3.43. The smallest absolute Gasteiger partial charge is 0.0391 e. The highest BCUT2D eigenvalue weighted by molar-refractivity contribution is 5.85. The largest absolute Gasteiger partial charge is 0.317 e. The summed E-state index contributed by atoms with van der Waals surface area (Å²) in [6, 6.07) is 0.121. The van der Waals surface area contributed by atoms with Crippen molar-refractivity contribution < 1.29 is 4.11 Å². The van der Waals surface area contributed by atoms with E-state index < -0.39 is 6.98 Å². The third-order valence-electron chi connectivity index (χ3n) is 2.41. The third kappa shape index (κ3) is 3.97. The summed E-state index contributed by atoms with van der Waals surface area (Å²) in [5.74, 6) is 0.754. The van der Waals surface area contributed by atoms with Gasteiger partial charge in [0, 0.05) is 10.2 Å². The summed E-state index contributed by atoms with van der Waals surface area (Å²) in [5, 5.41) is 2.65. The first-order valence-electron chi connectivity index (χ1n) is 5.75. The number of nitrogens with one attached hydrogen (secondary N) is 1. The maximum atomic E-state index is 7.06. The molecule has 0 heterocycles. The van der Waals surface area contributed by atoms with Crippen molar-refractivity contribution in [1.82, 2.24) is 5.32 Å². The quantitative estimate of drug-likeness (QED) is 0.704. The van der Waals surface area contributed by atoms with Crippen LogP contribution in [0.2, 0.25) is 0 Å². The lowest BCUT2D eigenvalue weighted by atomic mass is 10.00.